The molecular formula is C20H48O7Si8. The molecule has 7 nitrogen and oxygen atoms in total. The molecule has 0 bridgehead atoms. The fourth-order valence-electron chi connectivity index (χ4n) is 2.36. The molecule has 0 saturated carbocycles. The minimum atomic E-state index is -1.74. The van der Waals surface area contributed by atoms with Crippen molar-refractivity contribution in [2.75, 3.05) is 0 Å². The van der Waals surface area contributed by atoms with Gasteiger partial charge in [0.15, 0.2) is 33.3 Å². The van der Waals surface area contributed by atoms with Crippen LogP contribution >= 0.6 is 0 Å². The lowest BCUT2D eigenvalue weighted by molar-refractivity contribution is 0.365. The molecule has 1 rings (SSSR count). The van der Waals surface area contributed by atoms with Gasteiger partial charge in [-0.2, -0.15) is 0 Å². The largest absolute Gasteiger partial charge is 0.528 e. The fourth-order valence-corrected chi connectivity index (χ4v) is 11.9. The Morgan fingerprint density at radius 3 is 1.54 bits per heavy atom. The Morgan fingerprint density at radius 2 is 1.03 bits per heavy atom. The monoisotopic (exact) mass is 624 g/mol. The summed E-state index contributed by atoms with van der Waals surface area (Å²) in [7, 11) is -11.6. The first kappa shape index (κ1) is 33.0. The van der Waals surface area contributed by atoms with Crippen LogP contribution in [0.1, 0.15) is 5.56 Å². The maximum absolute atomic E-state index is 6.46. The maximum Gasteiger partial charge on any atom is 0.356 e. The summed E-state index contributed by atoms with van der Waals surface area (Å²) in [5.74, 6) is 1.48. The van der Waals surface area contributed by atoms with Crippen molar-refractivity contribution in [2.45, 2.75) is 78.6 Å². The van der Waals surface area contributed by atoms with Gasteiger partial charge in [-0.1, -0.05) is 12.1 Å². The third kappa shape index (κ3) is 16.4. The first-order valence-electron chi connectivity index (χ1n) is 12.1. The van der Waals surface area contributed by atoms with E-state index in [0.717, 1.165) is 16.7 Å². The molecule has 0 N–H and O–H groups in total. The summed E-state index contributed by atoms with van der Waals surface area (Å²) in [5, 5.41) is 0.813. The topological polar surface area (TPSA) is 64.6 Å². The molecule has 0 fully saturated rings. The Morgan fingerprint density at radius 1 is 0.571 bits per heavy atom. The fraction of sp³-hybridized carbons (Fsp3) is 0.600. The second kappa shape index (κ2) is 14.2. The average molecular weight is 625 g/mol. The van der Waals surface area contributed by atoms with Crippen molar-refractivity contribution >= 4 is 78.8 Å². The van der Waals surface area contributed by atoms with Crippen LogP contribution in [0.2, 0.25) is 78.6 Å². The van der Waals surface area contributed by atoms with Gasteiger partial charge in [0.25, 0.3) is 0 Å². The lowest BCUT2D eigenvalue weighted by Gasteiger charge is -2.26. The van der Waals surface area contributed by atoms with Crippen molar-refractivity contribution in [1.29, 1.82) is 0 Å². The van der Waals surface area contributed by atoms with Crippen LogP contribution in [0.4, 0.5) is 0 Å². The average Bonchev–Trinajstić information content (AvgIpc) is 2.65. The molecular weight excluding hydrogens is 577 g/mol. The van der Waals surface area contributed by atoms with Crippen LogP contribution in [-0.2, 0) is 25.3 Å². The van der Waals surface area contributed by atoms with Gasteiger partial charge in [0.2, 0.25) is 9.76 Å². The van der Waals surface area contributed by atoms with E-state index in [-0.39, 0.29) is 0 Å². The van der Waals surface area contributed by atoms with Crippen LogP contribution in [0.3, 0.4) is 0 Å². The summed E-state index contributed by atoms with van der Waals surface area (Å²) in [5.41, 5.74) is 0.884. The molecule has 0 spiro atoms. The van der Waals surface area contributed by atoms with Crippen LogP contribution in [0.25, 0.3) is 5.76 Å². The van der Waals surface area contributed by atoms with Gasteiger partial charge in [-0.3, -0.25) is 0 Å². The third-order valence-corrected chi connectivity index (χ3v) is 22.5. The lowest BCUT2D eigenvalue weighted by Crippen LogP contribution is -2.32. The molecule has 0 saturated heterocycles. The van der Waals surface area contributed by atoms with Crippen LogP contribution in [0.5, 0.6) is 5.75 Å². The molecule has 0 aliphatic heterocycles. The molecule has 1 aromatic rings. The van der Waals surface area contributed by atoms with E-state index in [0.29, 0.717) is 5.76 Å². The van der Waals surface area contributed by atoms with Crippen LogP contribution < -0.4 is 4.43 Å². The SMILES string of the molecule is C[Si](C)(C)O[SiH2]OC([SiH2]O[Si](C)(C)C)=C(O[SiH2]O[Si](C)(C)C)c1ccccc1O[SiH2]O[Si](C)(C)C. The lowest BCUT2D eigenvalue weighted by atomic mass is 10.2. The number of hydrogen-bond donors (Lipinski definition) is 0. The summed E-state index contributed by atoms with van der Waals surface area (Å²) in [6, 6.07) is 8.00. The second-order valence-electron chi connectivity index (χ2n) is 12.2. The normalized spacial score (nSPS) is 15.3. The smallest absolute Gasteiger partial charge is 0.356 e. The summed E-state index contributed by atoms with van der Waals surface area (Å²) < 4.78 is 43.9. The van der Waals surface area contributed by atoms with Gasteiger partial charge in [-0.05, 0) is 90.7 Å². The molecule has 0 heterocycles. The highest BCUT2D eigenvalue weighted by atomic mass is 28.4. The molecule has 0 aliphatic rings. The van der Waals surface area contributed by atoms with E-state index < -0.39 is 73.1 Å². The zero-order valence-electron chi connectivity index (χ0n) is 24.0. The molecule has 0 radical (unpaired) electrons. The van der Waals surface area contributed by atoms with Crippen molar-refractivity contribution in [3.05, 3.63) is 35.2 Å². The zero-order chi connectivity index (χ0) is 26.9. The predicted octanol–water partition coefficient (Wildman–Crippen LogP) is 3.21. The quantitative estimate of drug-likeness (QED) is 0.207. The summed E-state index contributed by atoms with van der Waals surface area (Å²) >= 11 is 0. The highest BCUT2D eigenvalue weighted by Crippen LogP contribution is 2.30. The van der Waals surface area contributed by atoms with Gasteiger partial charge in [0, 0.05) is 0 Å². The first-order valence-corrected chi connectivity index (χ1v) is 30.5. The molecule has 0 unspecified atom stereocenters. The second-order valence-corrected chi connectivity index (χ2v) is 36.2. The number of hydrogen-bond acceptors (Lipinski definition) is 7. The Hall–Kier alpha value is -0.0649. The van der Waals surface area contributed by atoms with Crippen molar-refractivity contribution < 1.29 is 29.7 Å². The van der Waals surface area contributed by atoms with Gasteiger partial charge in [0.1, 0.15) is 16.9 Å². The van der Waals surface area contributed by atoms with Crippen LogP contribution in [0, 0.1) is 0 Å². The molecule has 15 heteroatoms. The van der Waals surface area contributed by atoms with E-state index in [2.05, 4.69) is 78.6 Å². The predicted molar refractivity (Wildman–Crippen MR) is 168 cm³/mol. The molecule has 0 amide bonds. The Kier molecular flexibility index (Phi) is 13.4. The molecule has 0 aromatic heterocycles. The van der Waals surface area contributed by atoms with Crippen LogP contribution in [0.15, 0.2) is 29.6 Å². The number of benzene rings is 1. The van der Waals surface area contributed by atoms with Crippen molar-refractivity contribution in [1.82, 2.24) is 0 Å². The minimum absolute atomic E-state index is 0.712. The summed E-state index contributed by atoms with van der Waals surface area (Å²) in [4.78, 5) is 0. The van der Waals surface area contributed by atoms with E-state index >= 15 is 0 Å². The molecule has 0 aliphatic carbocycles. The minimum Gasteiger partial charge on any atom is -0.528 e. The van der Waals surface area contributed by atoms with Crippen molar-refractivity contribution in [2.24, 2.45) is 0 Å². The van der Waals surface area contributed by atoms with E-state index in [4.69, 9.17) is 29.7 Å². The van der Waals surface area contributed by atoms with Gasteiger partial charge in [-0.15, -0.1) is 0 Å². The van der Waals surface area contributed by atoms with Crippen molar-refractivity contribution in [3.63, 3.8) is 0 Å². The Bertz CT molecular complexity index is 811. The standard InChI is InChI=1S/C20H48O7Si8/c1-32(2,3)24-28-20(23-31-27-35(10,11)12)19(22-30-26-34(7,8)9)17-15-13-14-16-18(17)21-29-25-33(4,5)6/h13-16H,28-31H2,1-12H3. The molecule has 202 valence electrons. The third-order valence-electron chi connectivity index (χ3n) is 4.15. The van der Waals surface area contributed by atoms with Gasteiger partial charge in [-0.25, -0.2) is 0 Å². The maximum atomic E-state index is 6.46. The molecule has 1 aromatic carbocycles. The van der Waals surface area contributed by atoms with Crippen LogP contribution in [-0.4, -0.2) is 73.1 Å². The first-order chi connectivity index (χ1) is 15.9. The van der Waals surface area contributed by atoms with Gasteiger partial charge >= 0.3 is 30.0 Å². The number of rotatable bonds is 16. The molecule has 35 heavy (non-hydrogen) atoms. The van der Waals surface area contributed by atoms with E-state index in [1.165, 1.54) is 0 Å². The van der Waals surface area contributed by atoms with Crippen molar-refractivity contribution in [3.8, 4) is 5.75 Å². The van der Waals surface area contributed by atoms with Gasteiger partial charge in [0.05, 0.1) is 5.56 Å². The Balaban J connectivity index is 3.39. The highest BCUT2D eigenvalue weighted by molar-refractivity contribution is 6.75. The number of para-hydroxylation sites is 1. The molecule has 0 atom stereocenters. The summed E-state index contributed by atoms with van der Waals surface area (Å²) in [6.45, 7) is 26.2. The van der Waals surface area contributed by atoms with E-state index in [9.17, 15) is 0 Å². The highest BCUT2D eigenvalue weighted by Gasteiger charge is 2.24. The van der Waals surface area contributed by atoms with Gasteiger partial charge < -0.3 is 29.7 Å². The van der Waals surface area contributed by atoms with E-state index in [1.54, 1.807) is 0 Å². The summed E-state index contributed by atoms with van der Waals surface area (Å²) in [6.07, 6.45) is 0. The Labute approximate surface area is 227 Å². The van der Waals surface area contributed by atoms with E-state index in [1.807, 2.05) is 24.3 Å². The zero-order valence-corrected chi connectivity index (χ0v) is 33.7.